The van der Waals surface area contributed by atoms with Crippen LogP contribution in [0.5, 0.6) is 0 Å². The molecule has 2 aliphatic heterocycles. The number of likely N-dealkylation sites (tertiary alicyclic amines) is 1. The van der Waals surface area contributed by atoms with Crippen LogP contribution in [0.3, 0.4) is 0 Å². The average molecular weight is 586 g/mol. The number of amides is 1. The van der Waals surface area contributed by atoms with E-state index >= 15 is 0 Å². The van der Waals surface area contributed by atoms with Crippen LogP contribution in [0, 0.1) is 34.9 Å². The Kier molecular flexibility index (Phi) is 6.74. The lowest BCUT2D eigenvalue weighted by molar-refractivity contribution is -0.123. The van der Waals surface area contributed by atoms with E-state index in [2.05, 4.69) is 10.1 Å². The van der Waals surface area contributed by atoms with Gasteiger partial charge in [0.1, 0.15) is 17.0 Å². The molecule has 0 unspecified atom stereocenters. The van der Waals surface area contributed by atoms with E-state index in [1.165, 1.54) is 28.3 Å². The zero-order valence-electron chi connectivity index (χ0n) is 21.8. The van der Waals surface area contributed by atoms with Crippen molar-refractivity contribution >= 4 is 17.4 Å². The van der Waals surface area contributed by atoms with Gasteiger partial charge in [0, 0.05) is 68.3 Å². The van der Waals surface area contributed by atoms with Crippen LogP contribution < -0.4 is 4.90 Å². The van der Waals surface area contributed by atoms with E-state index in [1.807, 2.05) is 0 Å². The number of anilines is 1. The number of halogens is 6. The van der Waals surface area contributed by atoms with E-state index in [-0.39, 0.29) is 61.8 Å². The van der Waals surface area contributed by atoms with Gasteiger partial charge in [-0.15, -0.1) is 0 Å². The van der Waals surface area contributed by atoms with Crippen molar-refractivity contribution in [2.45, 2.75) is 24.8 Å². The third kappa shape index (κ3) is 4.48. The van der Waals surface area contributed by atoms with Crippen LogP contribution in [0.4, 0.5) is 32.0 Å². The fourth-order valence-electron chi connectivity index (χ4n) is 5.79. The van der Waals surface area contributed by atoms with E-state index in [1.54, 1.807) is 12.1 Å². The number of Topliss-reactive ketones (excluding diaryl/α,β-unsaturated/α-hetero) is 1. The second-order valence-electron chi connectivity index (χ2n) is 10.2. The average Bonchev–Trinajstić information content (AvgIpc) is 3.54. The summed E-state index contributed by atoms with van der Waals surface area (Å²) in [5.74, 6) is -8.65. The minimum atomic E-state index is -1.65. The largest absolute Gasteiger partial charge is 0.353 e. The summed E-state index contributed by atoms with van der Waals surface area (Å²) in [6.07, 6.45) is 3.11. The second-order valence-corrected chi connectivity index (χ2v) is 10.2. The number of rotatable bonds is 4. The minimum absolute atomic E-state index is 0.0282. The maximum atomic E-state index is 14.7. The van der Waals surface area contributed by atoms with Gasteiger partial charge in [0.2, 0.25) is 0 Å². The molecular weight excluding hydrogens is 564 g/mol. The molecular formula is C29H21F6N5O2. The third-order valence-corrected chi connectivity index (χ3v) is 7.83. The molecule has 2 aromatic heterocycles. The molecule has 2 aromatic carbocycles. The Morgan fingerprint density at radius 2 is 1.52 bits per heavy atom. The molecule has 2 saturated heterocycles. The molecule has 0 bridgehead atoms. The number of hydrogen-bond acceptors (Lipinski definition) is 5. The Balaban J connectivity index is 1.30. The maximum absolute atomic E-state index is 14.7. The molecule has 6 rings (SSSR count). The van der Waals surface area contributed by atoms with Crippen molar-refractivity contribution in [3.05, 3.63) is 95.5 Å². The quantitative estimate of drug-likeness (QED) is 0.243. The van der Waals surface area contributed by atoms with Gasteiger partial charge in [0.25, 0.3) is 5.91 Å². The van der Waals surface area contributed by atoms with Crippen molar-refractivity contribution < 1.29 is 35.9 Å². The molecule has 1 amide bonds. The number of piperidine rings is 1. The van der Waals surface area contributed by atoms with Crippen LogP contribution in [0.25, 0.3) is 16.9 Å². The number of hydrogen-bond donors (Lipinski definition) is 0. The van der Waals surface area contributed by atoms with Crippen LogP contribution in [-0.2, 0) is 4.79 Å². The summed E-state index contributed by atoms with van der Waals surface area (Å²) in [6.45, 7) is 0.0940. The van der Waals surface area contributed by atoms with Crippen molar-refractivity contribution in [3.63, 3.8) is 0 Å². The number of carbonyl (C=O) groups is 2. The van der Waals surface area contributed by atoms with E-state index in [4.69, 9.17) is 0 Å². The summed E-state index contributed by atoms with van der Waals surface area (Å²) in [4.78, 5) is 33.4. The normalized spacial score (nSPS) is 16.5. The van der Waals surface area contributed by atoms with E-state index in [0.717, 1.165) is 16.8 Å². The minimum Gasteiger partial charge on any atom is -0.353 e. The second kappa shape index (κ2) is 10.3. The zero-order valence-corrected chi connectivity index (χ0v) is 21.8. The number of aromatic nitrogens is 3. The predicted molar refractivity (Wildman–Crippen MR) is 138 cm³/mol. The fraction of sp³-hybridized carbons (Fsp3) is 0.241. The van der Waals surface area contributed by atoms with Crippen molar-refractivity contribution in [1.82, 2.24) is 19.7 Å². The molecule has 42 heavy (non-hydrogen) atoms. The predicted octanol–water partition coefficient (Wildman–Crippen LogP) is 5.22. The van der Waals surface area contributed by atoms with Gasteiger partial charge in [-0.05, 0) is 31.0 Å². The van der Waals surface area contributed by atoms with Crippen LogP contribution in [0.1, 0.15) is 29.8 Å². The Bertz CT molecular complexity index is 1670. The molecule has 1 spiro atoms. The van der Waals surface area contributed by atoms with Gasteiger partial charge in [0.15, 0.2) is 40.6 Å². The Morgan fingerprint density at radius 1 is 0.857 bits per heavy atom. The van der Waals surface area contributed by atoms with Gasteiger partial charge < -0.3 is 9.80 Å². The fourth-order valence-corrected chi connectivity index (χ4v) is 5.79. The van der Waals surface area contributed by atoms with Gasteiger partial charge >= 0.3 is 0 Å². The summed E-state index contributed by atoms with van der Waals surface area (Å²) < 4.78 is 85.8. The van der Waals surface area contributed by atoms with Crippen molar-refractivity contribution in [1.29, 1.82) is 0 Å². The number of benzene rings is 2. The lowest BCUT2D eigenvalue weighted by Gasteiger charge is -2.44. The van der Waals surface area contributed by atoms with E-state index < -0.39 is 52.0 Å². The highest BCUT2D eigenvalue weighted by Crippen LogP contribution is 2.42. The zero-order chi connectivity index (χ0) is 29.8. The van der Waals surface area contributed by atoms with Gasteiger partial charge in [0.05, 0.1) is 11.4 Å². The highest BCUT2D eigenvalue weighted by Gasteiger charge is 2.51. The SMILES string of the molecule is O=C(c1cc(-c2cccnc2)n(-c2cc(F)c(F)c(F)c2)n1)N1CCC2(CC1)C(=O)CCN2c1c(F)cc(F)cc1F. The lowest BCUT2D eigenvalue weighted by atomic mass is 9.83. The van der Waals surface area contributed by atoms with Gasteiger partial charge in [-0.25, -0.2) is 31.0 Å². The van der Waals surface area contributed by atoms with Crippen LogP contribution in [0.15, 0.2) is 54.9 Å². The molecule has 7 nitrogen and oxygen atoms in total. The highest BCUT2D eigenvalue weighted by molar-refractivity contribution is 5.97. The molecule has 2 aliphatic rings. The monoisotopic (exact) mass is 585 g/mol. The standard InChI is InChI=1S/C29H21F6N5O2/c30-17-10-21(33)27(22(34)11-17)39-7-3-25(41)29(39)4-8-38(9-5-29)28(42)23-14-24(16-2-1-6-36-15-16)40(37-23)18-12-19(31)26(35)20(32)13-18/h1-2,6,10-15H,3-5,7-9H2. The summed E-state index contributed by atoms with van der Waals surface area (Å²) in [6, 6.07) is 7.27. The van der Waals surface area contributed by atoms with Crippen LogP contribution in [-0.4, -0.2) is 56.5 Å². The third-order valence-electron chi connectivity index (χ3n) is 7.83. The molecule has 216 valence electrons. The first kappa shape index (κ1) is 27.5. The number of ketones is 1. The summed E-state index contributed by atoms with van der Waals surface area (Å²) in [5.41, 5.74) is -1.31. The number of pyridine rings is 1. The van der Waals surface area contributed by atoms with Crippen LogP contribution in [0.2, 0.25) is 0 Å². The van der Waals surface area contributed by atoms with Crippen molar-refractivity contribution in [2.24, 2.45) is 0 Å². The Labute approximate surface area is 235 Å². The topological polar surface area (TPSA) is 71.3 Å². The summed E-state index contributed by atoms with van der Waals surface area (Å²) in [7, 11) is 0. The Morgan fingerprint density at radius 3 is 2.14 bits per heavy atom. The first-order valence-corrected chi connectivity index (χ1v) is 13.0. The van der Waals surface area contributed by atoms with Gasteiger partial charge in [-0.3, -0.25) is 14.6 Å². The molecule has 4 heterocycles. The molecule has 0 aliphatic carbocycles. The highest BCUT2D eigenvalue weighted by atomic mass is 19.2. The molecule has 0 saturated carbocycles. The number of carbonyl (C=O) groups excluding carboxylic acids is 2. The molecule has 0 N–H and O–H groups in total. The summed E-state index contributed by atoms with van der Waals surface area (Å²) >= 11 is 0. The molecule has 2 fully saturated rings. The van der Waals surface area contributed by atoms with Gasteiger partial charge in [-0.1, -0.05) is 0 Å². The Hall–Kier alpha value is -4.68. The van der Waals surface area contributed by atoms with Gasteiger partial charge in [-0.2, -0.15) is 5.10 Å². The van der Waals surface area contributed by atoms with Crippen LogP contribution >= 0.6 is 0 Å². The molecule has 0 radical (unpaired) electrons. The lowest BCUT2D eigenvalue weighted by Crippen LogP contribution is -2.57. The smallest absolute Gasteiger partial charge is 0.274 e. The first-order chi connectivity index (χ1) is 20.1. The summed E-state index contributed by atoms with van der Waals surface area (Å²) in [5, 5.41) is 4.27. The van der Waals surface area contributed by atoms with E-state index in [0.29, 0.717) is 17.7 Å². The van der Waals surface area contributed by atoms with Crippen molar-refractivity contribution in [2.75, 3.05) is 24.5 Å². The van der Waals surface area contributed by atoms with Crippen molar-refractivity contribution in [3.8, 4) is 16.9 Å². The number of nitrogens with zero attached hydrogens (tertiary/aromatic N) is 5. The molecule has 13 heteroatoms. The maximum Gasteiger partial charge on any atom is 0.274 e. The first-order valence-electron chi connectivity index (χ1n) is 13.0. The molecule has 4 aromatic rings. The molecule has 0 atom stereocenters. The van der Waals surface area contributed by atoms with E-state index in [9.17, 15) is 35.9 Å².